The molecular formula is C31H25N3O3. The molecule has 0 atom stereocenters. The highest BCUT2D eigenvalue weighted by molar-refractivity contribution is 5.91. The van der Waals surface area contributed by atoms with E-state index in [9.17, 15) is 4.79 Å². The van der Waals surface area contributed by atoms with Gasteiger partial charge in [0, 0.05) is 17.8 Å². The summed E-state index contributed by atoms with van der Waals surface area (Å²) in [4.78, 5) is 17.3. The van der Waals surface area contributed by atoms with Gasteiger partial charge in [-0.25, -0.2) is 14.5 Å². The van der Waals surface area contributed by atoms with E-state index < -0.39 is 5.97 Å². The lowest BCUT2D eigenvalue weighted by molar-refractivity contribution is 0.0728. The monoisotopic (exact) mass is 487 g/mol. The highest BCUT2D eigenvalue weighted by Gasteiger charge is 2.14. The maximum Gasteiger partial charge on any atom is 0.343 e. The lowest BCUT2D eigenvalue weighted by Crippen LogP contribution is -2.09. The molecule has 6 nitrogen and oxygen atoms in total. The van der Waals surface area contributed by atoms with Crippen LogP contribution in [0.3, 0.4) is 0 Å². The van der Waals surface area contributed by atoms with Gasteiger partial charge in [-0.2, -0.15) is 5.10 Å². The molecule has 0 unspecified atom stereocenters. The highest BCUT2D eigenvalue weighted by atomic mass is 16.6. The molecule has 0 aliphatic rings. The lowest BCUT2D eigenvalue weighted by Gasteiger charge is -2.11. The number of para-hydroxylation sites is 1. The van der Waals surface area contributed by atoms with E-state index in [1.165, 1.54) is 0 Å². The molecule has 5 aromatic rings. The number of esters is 1. The first-order valence-corrected chi connectivity index (χ1v) is 12.0. The lowest BCUT2D eigenvalue weighted by atomic mass is 10.1. The Hall–Kier alpha value is -4.97. The summed E-state index contributed by atoms with van der Waals surface area (Å²) in [5.41, 5.74) is 4.02. The van der Waals surface area contributed by atoms with Gasteiger partial charge in [-0.3, -0.25) is 0 Å². The molecule has 1 heterocycles. The van der Waals surface area contributed by atoms with Gasteiger partial charge in [0.15, 0.2) is 17.3 Å². The van der Waals surface area contributed by atoms with Gasteiger partial charge in [-0.1, -0.05) is 66.7 Å². The summed E-state index contributed by atoms with van der Waals surface area (Å²) in [5.74, 6) is 1.07. The molecule has 4 aromatic carbocycles. The van der Waals surface area contributed by atoms with Crippen molar-refractivity contribution in [2.45, 2.75) is 6.92 Å². The van der Waals surface area contributed by atoms with Crippen molar-refractivity contribution >= 4 is 18.0 Å². The van der Waals surface area contributed by atoms with E-state index in [2.05, 4.69) is 0 Å². The van der Waals surface area contributed by atoms with Gasteiger partial charge in [0.1, 0.15) is 0 Å². The van der Waals surface area contributed by atoms with Gasteiger partial charge in [0.2, 0.25) is 0 Å². The predicted molar refractivity (Wildman–Crippen MR) is 145 cm³/mol. The maximum absolute atomic E-state index is 12.5. The van der Waals surface area contributed by atoms with Gasteiger partial charge in [0.05, 0.1) is 23.6 Å². The fraction of sp³-hybridized carbons (Fsp3) is 0.0645. The van der Waals surface area contributed by atoms with Gasteiger partial charge < -0.3 is 9.47 Å². The van der Waals surface area contributed by atoms with Crippen LogP contribution in [0, 0.1) is 0 Å². The number of nitrogens with zero attached hydrogens (tertiary/aromatic N) is 3. The first kappa shape index (κ1) is 23.8. The minimum absolute atomic E-state index is 0.355. The molecule has 0 aliphatic heterocycles. The second-order valence-electron chi connectivity index (χ2n) is 8.15. The summed E-state index contributed by atoms with van der Waals surface area (Å²) in [7, 11) is 0. The molecule has 1 aromatic heterocycles. The first-order valence-electron chi connectivity index (χ1n) is 12.0. The zero-order valence-electron chi connectivity index (χ0n) is 20.3. The van der Waals surface area contributed by atoms with Crippen molar-refractivity contribution in [3.05, 3.63) is 126 Å². The smallest absolute Gasteiger partial charge is 0.343 e. The molecule has 0 saturated heterocycles. The van der Waals surface area contributed by atoms with Crippen LogP contribution >= 0.6 is 0 Å². The number of aliphatic imine (C=N–C) groups is 1. The summed E-state index contributed by atoms with van der Waals surface area (Å²) < 4.78 is 13.2. The Bertz CT molecular complexity index is 1510. The number of hydrogen-bond acceptors (Lipinski definition) is 5. The SMILES string of the molecule is CCOc1cc(C=Nc2cc(-c3ccccc3)nn2-c2ccccc2)ccc1OC(=O)c1ccccc1. The molecule has 0 saturated carbocycles. The normalized spacial score (nSPS) is 10.9. The standard InChI is InChI=1S/C31H25N3O3/c1-2-36-29-20-23(18-19-28(29)37-31(35)25-14-8-4-9-15-25)22-32-30-21-27(24-12-6-3-7-13-24)33-34(30)26-16-10-5-11-17-26/h3-22H,2H2,1H3. The Balaban J connectivity index is 1.45. The average molecular weight is 488 g/mol. The van der Waals surface area contributed by atoms with Crippen LogP contribution in [0.1, 0.15) is 22.8 Å². The van der Waals surface area contributed by atoms with Crippen LogP contribution in [-0.4, -0.2) is 28.6 Å². The summed E-state index contributed by atoms with van der Waals surface area (Å²) in [6, 6.07) is 36.1. The first-order chi connectivity index (χ1) is 18.2. The van der Waals surface area contributed by atoms with Crippen LogP contribution in [0.2, 0.25) is 0 Å². The number of rotatable bonds is 8. The zero-order valence-corrected chi connectivity index (χ0v) is 20.3. The Labute approximate surface area is 215 Å². The number of carbonyl (C=O) groups excluding carboxylic acids is 1. The molecule has 0 fully saturated rings. The van der Waals surface area contributed by atoms with Gasteiger partial charge in [-0.05, 0) is 55.0 Å². The third-order valence-electron chi connectivity index (χ3n) is 5.59. The van der Waals surface area contributed by atoms with Crippen molar-refractivity contribution in [1.29, 1.82) is 0 Å². The Morgan fingerprint density at radius 2 is 1.51 bits per heavy atom. The van der Waals surface area contributed by atoms with Crippen LogP contribution in [0.5, 0.6) is 11.5 Å². The number of ether oxygens (including phenoxy) is 2. The second-order valence-corrected chi connectivity index (χ2v) is 8.15. The number of aromatic nitrogens is 2. The zero-order chi connectivity index (χ0) is 25.5. The Morgan fingerprint density at radius 3 is 2.22 bits per heavy atom. The second kappa shape index (κ2) is 11.2. The highest BCUT2D eigenvalue weighted by Crippen LogP contribution is 2.30. The molecule has 6 heteroatoms. The minimum Gasteiger partial charge on any atom is -0.490 e. The molecule has 0 aliphatic carbocycles. The topological polar surface area (TPSA) is 65.7 Å². The summed E-state index contributed by atoms with van der Waals surface area (Å²) in [6.45, 7) is 2.31. The molecule has 0 spiro atoms. The van der Waals surface area contributed by atoms with Crippen molar-refractivity contribution in [2.75, 3.05) is 6.61 Å². The number of benzene rings is 4. The molecule has 0 bridgehead atoms. The third kappa shape index (κ3) is 5.65. The average Bonchev–Trinajstić information content (AvgIpc) is 3.39. The van der Waals surface area contributed by atoms with Gasteiger partial charge in [-0.15, -0.1) is 0 Å². The fourth-order valence-corrected chi connectivity index (χ4v) is 3.80. The molecule has 0 radical (unpaired) electrons. The number of hydrogen-bond donors (Lipinski definition) is 0. The maximum atomic E-state index is 12.5. The van der Waals surface area contributed by atoms with Crippen LogP contribution in [-0.2, 0) is 0 Å². The van der Waals surface area contributed by atoms with Crippen LogP contribution in [0.25, 0.3) is 16.9 Å². The van der Waals surface area contributed by atoms with Gasteiger partial charge in [0.25, 0.3) is 0 Å². The third-order valence-corrected chi connectivity index (χ3v) is 5.59. The minimum atomic E-state index is -0.442. The van der Waals surface area contributed by atoms with E-state index in [0.29, 0.717) is 29.5 Å². The summed E-state index contributed by atoms with van der Waals surface area (Å²) in [6.07, 6.45) is 1.75. The van der Waals surface area contributed by atoms with Crippen molar-refractivity contribution < 1.29 is 14.3 Å². The van der Waals surface area contributed by atoms with E-state index in [1.54, 1.807) is 36.5 Å². The Morgan fingerprint density at radius 1 is 0.838 bits per heavy atom. The van der Waals surface area contributed by atoms with E-state index >= 15 is 0 Å². The van der Waals surface area contributed by atoms with Gasteiger partial charge >= 0.3 is 5.97 Å². The van der Waals surface area contributed by atoms with Crippen LogP contribution in [0.15, 0.2) is 120 Å². The quantitative estimate of drug-likeness (QED) is 0.136. The van der Waals surface area contributed by atoms with Crippen molar-refractivity contribution in [3.63, 3.8) is 0 Å². The van der Waals surface area contributed by atoms with E-state index in [0.717, 1.165) is 22.5 Å². The molecular weight excluding hydrogens is 462 g/mol. The van der Waals surface area contributed by atoms with E-state index in [4.69, 9.17) is 19.6 Å². The summed E-state index contributed by atoms with van der Waals surface area (Å²) in [5, 5.41) is 4.81. The fourth-order valence-electron chi connectivity index (χ4n) is 3.80. The van der Waals surface area contributed by atoms with Crippen LogP contribution < -0.4 is 9.47 Å². The molecule has 0 N–H and O–H groups in total. The largest absolute Gasteiger partial charge is 0.490 e. The molecule has 182 valence electrons. The predicted octanol–water partition coefficient (Wildman–Crippen LogP) is 6.91. The number of carbonyl (C=O) groups is 1. The summed E-state index contributed by atoms with van der Waals surface area (Å²) >= 11 is 0. The Kier molecular flexibility index (Phi) is 7.18. The molecule has 5 rings (SSSR count). The van der Waals surface area contributed by atoms with E-state index in [-0.39, 0.29) is 0 Å². The van der Waals surface area contributed by atoms with E-state index in [1.807, 2.05) is 96.5 Å². The molecule has 37 heavy (non-hydrogen) atoms. The van der Waals surface area contributed by atoms with Crippen molar-refractivity contribution in [1.82, 2.24) is 9.78 Å². The molecule has 0 amide bonds. The van der Waals surface area contributed by atoms with Crippen molar-refractivity contribution in [3.8, 4) is 28.4 Å². The van der Waals surface area contributed by atoms with Crippen LogP contribution in [0.4, 0.5) is 5.82 Å². The van der Waals surface area contributed by atoms with Crippen molar-refractivity contribution in [2.24, 2.45) is 4.99 Å².